The average Bonchev–Trinajstić information content (AvgIpc) is 3.41. The van der Waals surface area contributed by atoms with Crippen molar-refractivity contribution in [2.75, 3.05) is 43.4 Å². The molecule has 8 heteroatoms. The topological polar surface area (TPSA) is 60.7 Å². The highest BCUT2D eigenvalue weighted by molar-refractivity contribution is 7.81. The Morgan fingerprint density at radius 1 is 1.00 bits per heavy atom. The molecule has 1 saturated heterocycles. The third kappa shape index (κ3) is 4.87. The summed E-state index contributed by atoms with van der Waals surface area (Å²) in [5.74, 6) is -0.0441. The van der Waals surface area contributed by atoms with Crippen molar-refractivity contribution in [1.82, 2.24) is 9.80 Å². The van der Waals surface area contributed by atoms with Crippen LogP contribution in [0.5, 0.6) is 0 Å². The number of thiol groups is 1. The van der Waals surface area contributed by atoms with Gasteiger partial charge in [-0.15, -0.1) is 0 Å². The van der Waals surface area contributed by atoms with E-state index in [9.17, 15) is 18.8 Å². The maximum atomic E-state index is 13.6. The number of nitrogens with zero attached hydrogens (tertiary/aromatic N) is 3. The lowest BCUT2D eigenvalue weighted by molar-refractivity contribution is -0.133. The Balaban J connectivity index is 1.36. The number of rotatable bonds is 8. The number of halogens is 1. The molecule has 1 aromatic rings. The molecule has 2 amide bonds. The number of amides is 2. The van der Waals surface area contributed by atoms with Crippen molar-refractivity contribution in [3.05, 3.63) is 24.0 Å². The fourth-order valence-electron chi connectivity index (χ4n) is 3.38. The van der Waals surface area contributed by atoms with Crippen LogP contribution in [0.25, 0.3) is 0 Å². The molecule has 0 radical (unpaired) electrons. The first kappa shape index (κ1) is 19.8. The molecular formula is C19H24FN3O3S. The average molecular weight is 393 g/mol. The molecule has 1 aromatic carbocycles. The van der Waals surface area contributed by atoms with Crippen LogP contribution in [0.3, 0.4) is 0 Å². The zero-order valence-electron chi connectivity index (χ0n) is 15.2. The summed E-state index contributed by atoms with van der Waals surface area (Å²) < 4.78 is 13.6. The first-order chi connectivity index (χ1) is 13.0. The van der Waals surface area contributed by atoms with E-state index in [0.717, 1.165) is 0 Å². The Morgan fingerprint density at radius 3 is 2.37 bits per heavy atom. The Bertz CT molecular complexity index is 735. The van der Waals surface area contributed by atoms with Crippen LogP contribution in [0.15, 0.2) is 18.2 Å². The molecule has 0 unspecified atom stereocenters. The maximum absolute atomic E-state index is 13.6. The van der Waals surface area contributed by atoms with E-state index in [2.05, 4.69) is 12.6 Å². The number of anilines is 2. The van der Waals surface area contributed by atoms with Gasteiger partial charge in [0.2, 0.25) is 11.8 Å². The van der Waals surface area contributed by atoms with E-state index in [1.807, 2.05) is 9.80 Å². The number of fused-ring (bicyclic) bond motifs is 1. The van der Waals surface area contributed by atoms with Crippen LogP contribution in [0.4, 0.5) is 15.8 Å². The lowest BCUT2D eigenvalue weighted by atomic mass is 10.1. The Kier molecular flexibility index (Phi) is 6.49. The number of piperazine rings is 1. The molecular weight excluding hydrogens is 369 g/mol. The standard InChI is InChI=1S/C19H24FN3O3S/c20-15-5-3-6-16-19(15)23(16)18(26)12-21-8-10-22(11-9-21)17(25)7-2-1-4-14(24)13-27/h3,5-6,27H,1-2,4,7-13H2. The molecule has 6 nitrogen and oxygen atoms in total. The van der Waals surface area contributed by atoms with Gasteiger partial charge in [-0.1, -0.05) is 6.07 Å². The molecule has 1 fully saturated rings. The van der Waals surface area contributed by atoms with Crippen molar-refractivity contribution in [2.24, 2.45) is 0 Å². The van der Waals surface area contributed by atoms with Gasteiger partial charge in [0.25, 0.3) is 0 Å². The van der Waals surface area contributed by atoms with Crippen molar-refractivity contribution in [2.45, 2.75) is 25.7 Å². The molecule has 2 aliphatic heterocycles. The summed E-state index contributed by atoms with van der Waals surface area (Å²) in [4.78, 5) is 41.0. The number of Topliss-reactive ketones (excluding diaryl/α,β-unsaturated/α-hetero) is 1. The zero-order chi connectivity index (χ0) is 19.4. The second-order valence-electron chi connectivity index (χ2n) is 6.90. The molecule has 0 bridgehead atoms. The molecule has 0 saturated carbocycles. The highest BCUT2D eigenvalue weighted by Gasteiger charge is 2.38. The predicted octanol–water partition coefficient (Wildman–Crippen LogP) is 2.01. The van der Waals surface area contributed by atoms with Gasteiger partial charge in [0, 0.05) is 44.8 Å². The molecule has 2 aliphatic rings. The van der Waals surface area contributed by atoms with Crippen molar-refractivity contribution < 1.29 is 18.8 Å². The van der Waals surface area contributed by atoms with Crippen LogP contribution >= 0.6 is 12.6 Å². The van der Waals surface area contributed by atoms with Crippen molar-refractivity contribution in [1.29, 1.82) is 0 Å². The third-order valence-electron chi connectivity index (χ3n) is 4.99. The summed E-state index contributed by atoms with van der Waals surface area (Å²) in [5, 5.41) is 0. The van der Waals surface area contributed by atoms with Gasteiger partial charge in [-0.2, -0.15) is 12.6 Å². The van der Waals surface area contributed by atoms with Crippen LogP contribution in [-0.2, 0) is 14.4 Å². The van der Waals surface area contributed by atoms with Crippen LogP contribution in [0.1, 0.15) is 25.7 Å². The van der Waals surface area contributed by atoms with E-state index in [1.54, 1.807) is 12.1 Å². The summed E-state index contributed by atoms with van der Waals surface area (Å²) >= 11 is 3.93. The van der Waals surface area contributed by atoms with E-state index in [-0.39, 0.29) is 35.7 Å². The first-order valence-corrected chi connectivity index (χ1v) is 9.88. The van der Waals surface area contributed by atoms with E-state index >= 15 is 0 Å². The first-order valence-electron chi connectivity index (χ1n) is 9.25. The zero-order valence-corrected chi connectivity index (χ0v) is 16.1. The second-order valence-corrected chi connectivity index (χ2v) is 7.21. The molecule has 0 atom stereocenters. The van der Waals surface area contributed by atoms with E-state index in [0.29, 0.717) is 63.2 Å². The minimum Gasteiger partial charge on any atom is -0.340 e. The van der Waals surface area contributed by atoms with Crippen molar-refractivity contribution >= 4 is 41.6 Å². The molecule has 27 heavy (non-hydrogen) atoms. The second kappa shape index (κ2) is 8.84. The quantitative estimate of drug-likeness (QED) is 0.417. The number of unbranched alkanes of at least 4 members (excludes halogenated alkanes) is 1. The SMILES string of the molecule is O=C(CS)CCCCC(=O)N1CCN(CC(=O)N2c3cccc(F)c32)CC1. The van der Waals surface area contributed by atoms with Gasteiger partial charge >= 0.3 is 0 Å². The van der Waals surface area contributed by atoms with Gasteiger partial charge in [-0.25, -0.2) is 4.39 Å². The van der Waals surface area contributed by atoms with Gasteiger partial charge in [-0.05, 0) is 25.0 Å². The largest absolute Gasteiger partial charge is 0.340 e. The number of para-hydroxylation sites is 1. The normalized spacial score (nSPS) is 16.2. The third-order valence-corrected chi connectivity index (χ3v) is 5.34. The monoisotopic (exact) mass is 393 g/mol. The lowest BCUT2D eigenvalue weighted by Crippen LogP contribution is -2.50. The number of hydrogen-bond donors (Lipinski definition) is 1. The molecule has 0 N–H and O–H groups in total. The number of hydrogen-bond acceptors (Lipinski definition) is 5. The molecule has 2 heterocycles. The summed E-state index contributed by atoms with van der Waals surface area (Å²) in [6.07, 6.45) is 2.34. The fourth-order valence-corrected chi connectivity index (χ4v) is 3.53. The lowest BCUT2D eigenvalue weighted by Gasteiger charge is -2.34. The molecule has 3 rings (SSSR count). The van der Waals surface area contributed by atoms with Crippen LogP contribution in [0.2, 0.25) is 0 Å². The number of ketones is 1. The summed E-state index contributed by atoms with van der Waals surface area (Å²) in [6.45, 7) is 2.65. The molecule has 146 valence electrons. The Labute approximate surface area is 163 Å². The smallest absolute Gasteiger partial charge is 0.245 e. The summed E-state index contributed by atoms with van der Waals surface area (Å²) in [6, 6.07) is 4.68. The van der Waals surface area contributed by atoms with E-state index < -0.39 is 0 Å². The molecule has 0 spiro atoms. The summed E-state index contributed by atoms with van der Waals surface area (Å²) in [5.41, 5.74) is 1.03. The minimum absolute atomic E-state index is 0.0970. The van der Waals surface area contributed by atoms with Crippen LogP contribution in [-0.4, -0.2) is 65.9 Å². The van der Waals surface area contributed by atoms with E-state index in [1.165, 1.54) is 11.0 Å². The van der Waals surface area contributed by atoms with Gasteiger partial charge in [0.1, 0.15) is 17.3 Å². The highest BCUT2D eigenvalue weighted by Crippen LogP contribution is 2.49. The Hall–Kier alpha value is -1.93. The van der Waals surface area contributed by atoms with Crippen LogP contribution in [0, 0.1) is 5.82 Å². The van der Waals surface area contributed by atoms with Crippen molar-refractivity contribution in [3.8, 4) is 0 Å². The number of carbonyl (C=O) groups is 3. The Morgan fingerprint density at radius 2 is 1.70 bits per heavy atom. The minimum atomic E-state index is -0.368. The fraction of sp³-hybridized carbons (Fsp3) is 0.526. The van der Waals surface area contributed by atoms with Crippen LogP contribution < -0.4 is 4.90 Å². The van der Waals surface area contributed by atoms with Gasteiger partial charge in [0.15, 0.2) is 0 Å². The highest BCUT2D eigenvalue weighted by atomic mass is 32.1. The molecule has 0 aromatic heterocycles. The number of carbonyl (C=O) groups excluding carboxylic acids is 3. The van der Waals surface area contributed by atoms with Gasteiger partial charge < -0.3 is 4.90 Å². The van der Waals surface area contributed by atoms with E-state index in [4.69, 9.17) is 0 Å². The molecule has 0 aliphatic carbocycles. The van der Waals surface area contributed by atoms with Gasteiger partial charge in [0.05, 0.1) is 12.2 Å². The number of benzene rings is 1. The van der Waals surface area contributed by atoms with Crippen molar-refractivity contribution in [3.63, 3.8) is 0 Å². The van der Waals surface area contributed by atoms with Gasteiger partial charge in [-0.3, -0.25) is 24.2 Å². The maximum Gasteiger partial charge on any atom is 0.245 e. The predicted molar refractivity (Wildman–Crippen MR) is 104 cm³/mol. The summed E-state index contributed by atoms with van der Waals surface area (Å²) in [7, 11) is 0.